The summed E-state index contributed by atoms with van der Waals surface area (Å²) in [7, 11) is -4.17. The average molecular weight is 364 g/mol. The van der Waals surface area contributed by atoms with Gasteiger partial charge in [-0.15, -0.1) is 0 Å². The summed E-state index contributed by atoms with van der Waals surface area (Å²) in [5, 5.41) is 3.06. The maximum absolute atomic E-state index is 11.7. The van der Waals surface area contributed by atoms with Gasteiger partial charge in [0.05, 0.1) is 5.69 Å². The van der Waals surface area contributed by atoms with Crippen LogP contribution in [0.3, 0.4) is 0 Å². The normalized spacial score (nSPS) is 15.8. The van der Waals surface area contributed by atoms with E-state index in [1.165, 1.54) is 4.90 Å². The highest BCUT2D eigenvalue weighted by Gasteiger charge is 2.23. The van der Waals surface area contributed by atoms with E-state index in [0.717, 1.165) is 4.47 Å². The molecule has 9 heteroatoms. The summed E-state index contributed by atoms with van der Waals surface area (Å²) in [5.41, 5.74) is 0.321. The molecule has 0 aliphatic carbocycles. The molecule has 0 spiro atoms. The molecule has 0 aromatic heterocycles. The quantitative estimate of drug-likeness (QED) is 0.840. The van der Waals surface area contributed by atoms with Gasteiger partial charge in [0.1, 0.15) is 0 Å². The molecular weight excluding hydrogens is 350 g/mol. The van der Waals surface area contributed by atoms with Gasteiger partial charge in [-0.25, -0.2) is 4.79 Å². The van der Waals surface area contributed by atoms with Crippen LogP contribution in [-0.4, -0.2) is 45.6 Å². The van der Waals surface area contributed by atoms with Crippen LogP contribution in [0.4, 0.5) is 10.5 Å². The number of nitrogens with zero attached hydrogens (tertiary/aromatic N) is 1. The van der Waals surface area contributed by atoms with Crippen LogP contribution in [0, 0.1) is 0 Å². The molecule has 0 atom stereocenters. The van der Waals surface area contributed by atoms with Crippen molar-refractivity contribution in [3.63, 3.8) is 0 Å². The summed E-state index contributed by atoms with van der Waals surface area (Å²) in [5.74, 6) is 0. The summed E-state index contributed by atoms with van der Waals surface area (Å²) in [6.45, 7) is 2.09. The number of halogens is 1. The second-order valence-corrected chi connectivity index (χ2v) is 6.34. The summed E-state index contributed by atoms with van der Waals surface area (Å²) < 4.78 is 31.0. The molecular formula is C11H14BrN3O4S. The van der Waals surface area contributed by atoms with Gasteiger partial charge in [0.15, 0.2) is 0 Å². The number of anilines is 1. The van der Waals surface area contributed by atoms with Gasteiger partial charge < -0.3 is 14.4 Å². The smallest absolute Gasteiger partial charge is 0.313 e. The summed E-state index contributed by atoms with van der Waals surface area (Å²) in [4.78, 5) is 13.1. The second kappa shape index (κ2) is 6.42. The highest BCUT2D eigenvalue weighted by Crippen LogP contribution is 2.16. The van der Waals surface area contributed by atoms with E-state index in [9.17, 15) is 13.2 Å². The monoisotopic (exact) mass is 363 g/mol. The van der Waals surface area contributed by atoms with Crippen LogP contribution in [0.2, 0.25) is 0 Å². The van der Waals surface area contributed by atoms with Crippen molar-refractivity contribution in [2.75, 3.05) is 30.9 Å². The maximum atomic E-state index is 11.7. The van der Waals surface area contributed by atoms with Gasteiger partial charge in [0.2, 0.25) is 0 Å². The third-order valence-corrected chi connectivity index (χ3v) is 4.02. The average Bonchev–Trinajstić information content (AvgIpc) is 2.41. The molecule has 1 aliphatic heterocycles. The Morgan fingerprint density at radius 1 is 1.25 bits per heavy atom. The zero-order valence-electron chi connectivity index (χ0n) is 10.5. The van der Waals surface area contributed by atoms with Crippen molar-refractivity contribution < 1.29 is 17.4 Å². The molecule has 1 heterocycles. The maximum Gasteiger partial charge on any atom is 0.426 e. The molecule has 0 unspecified atom stereocenters. The Morgan fingerprint density at radius 3 is 2.45 bits per heavy atom. The number of hydrogen-bond acceptors (Lipinski definition) is 5. The van der Waals surface area contributed by atoms with Crippen LogP contribution in [0.5, 0.6) is 0 Å². The Kier molecular flexibility index (Phi) is 4.84. The largest absolute Gasteiger partial charge is 0.426 e. The lowest BCUT2D eigenvalue weighted by Gasteiger charge is -2.26. The van der Waals surface area contributed by atoms with Gasteiger partial charge in [-0.3, -0.25) is 4.72 Å². The van der Waals surface area contributed by atoms with Gasteiger partial charge in [-0.05, 0) is 24.3 Å². The van der Waals surface area contributed by atoms with E-state index in [-0.39, 0.29) is 0 Å². The van der Waals surface area contributed by atoms with E-state index in [4.69, 9.17) is 0 Å². The molecule has 110 valence electrons. The number of carbonyl (C=O) groups is 1. The molecule has 0 saturated carbocycles. The number of piperazine rings is 1. The molecule has 1 saturated heterocycles. The summed E-state index contributed by atoms with van der Waals surface area (Å²) >= 11 is 3.24. The van der Waals surface area contributed by atoms with Crippen molar-refractivity contribution in [1.82, 2.24) is 10.2 Å². The summed E-state index contributed by atoms with van der Waals surface area (Å²) in [6.07, 6.45) is -0.865. The zero-order chi connectivity index (χ0) is 14.6. The fourth-order valence-corrected chi connectivity index (χ4v) is 2.70. The van der Waals surface area contributed by atoms with Crippen LogP contribution in [0.25, 0.3) is 0 Å². The second-order valence-electron chi connectivity index (χ2n) is 4.15. The molecule has 2 N–H and O–H groups in total. The van der Waals surface area contributed by atoms with Crippen LogP contribution < -0.4 is 10.0 Å². The molecule has 1 amide bonds. The van der Waals surface area contributed by atoms with E-state index in [2.05, 4.69) is 30.2 Å². The number of amides is 1. The van der Waals surface area contributed by atoms with Crippen LogP contribution in [-0.2, 0) is 14.5 Å². The standard InChI is InChI=1S/C11H14BrN3O4S/c12-9-1-3-10(4-2-9)14-20(17,18)19-11(16)15-7-5-13-6-8-15/h1-4,13-14H,5-8H2. The Labute approximate surface area is 125 Å². The molecule has 1 fully saturated rings. The fraction of sp³-hybridized carbons (Fsp3) is 0.364. The fourth-order valence-electron chi connectivity index (χ4n) is 1.68. The van der Waals surface area contributed by atoms with Crippen molar-refractivity contribution in [3.8, 4) is 0 Å². The molecule has 2 rings (SSSR count). The van der Waals surface area contributed by atoms with Crippen LogP contribution in [0.1, 0.15) is 0 Å². The first kappa shape index (κ1) is 15.1. The van der Waals surface area contributed by atoms with E-state index < -0.39 is 16.4 Å². The molecule has 7 nitrogen and oxygen atoms in total. The zero-order valence-corrected chi connectivity index (χ0v) is 12.9. The highest BCUT2D eigenvalue weighted by molar-refractivity contribution is 9.10. The number of benzene rings is 1. The molecule has 1 aliphatic rings. The van der Waals surface area contributed by atoms with Gasteiger partial charge in [-0.2, -0.15) is 8.42 Å². The third-order valence-electron chi connectivity index (χ3n) is 2.64. The Hall–Kier alpha value is -1.32. The van der Waals surface area contributed by atoms with E-state index in [1.54, 1.807) is 24.3 Å². The first-order valence-electron chi connectivity index (χ1n) is 5.94. The van der Waals surface area contributed by atoms with Gasteiger partial charge in [0.25, 0.3) is 0 Å². The Bertz CT molecular complexity index is 570. The first-order valence-corrected chi connectivity index (χ1v) is 8.14. The minimum Gasteiger partial charge on any atom is -0.313 e. The summed E-state index contributed by atoms with van der Waals surface area (Å²) in [6, 6.07) is 6.46. The van der Waals surface area contributed by atoms with Crippen molar-refractivity contribution in [1.29, 1.82) is 0 Å². The topological polar surface area (TPSA) is 87.7 Å². The van der Waals surface area contributed by atoms with Crippen molar-refractivity contribution in [2.45, 2.75) is 0 Å². The van der Waals surface area contributed by atoms with Crippen LogP contribution >= 0.6 is 15.9 Å². The predicted octanol–water partition coefficient (Wildman–Crippen LogP) is 1.15. The van der Waals surface area contributed by atoms with Crippen LogP contribution in [0.15, 0.2) is 28.7 Å². The van der Waals surface area contributed by atoms with Crippen molar-refractivity contribution in [3.05, 3.63) is 28.7 Å². The number of carbonyl (C=O) groups excluding carboxylic acids is 1. The lowest BCUT2D eigenvalue weighted by Crippen LogP contribution is -2.47. The lowest BCUT2D eigenvalue weighted by atomic mass is 10.3. The third kappa shape index (κ3) is 4.36. The molecule has 0 radical (unpaired) electrons. The van der Waals surface area contributed by atoms with Gasteiger partial charge in [0, 0.05) is 30.7 Å². The van der Waals surface area contributed by atoms with E-state index >= 15 is 0 Å². The minimum atomic E-state index is -4.17. The number of hydrogen-bond donors (Lipinski definition) is 2. The minimum absolute atomic E-state index is 0.321. The van der Waals surface area contributed by atoms with E-state index in [1.807, 2.05) is 0 Å². The Morgan fingerprint density at radius 2 is 1.85 bits per heavy atom. The highest BCUT2D eigenvalue weighted by atomic mass is 79.9. The molecule has 0 bridgehead atoms. The number of nitrogens with one attached hydrogen (secondary N) is 2. The van der Waals surface area contributed by atoms with Gasteiger partial charge >= 0.3 is 16.4 Å². The first-order chi connectivity index (χ1) is 9.46. The van der Waals surface area contributed by atoms with Gasteiger partial charge in [-0.1, -0.05) is 15.9 Å². The van der Waals surface area contributed by atoms with E-state index in [0.29, 0.717) is 31.9 Å². The molecule has 1 aromatic carbocycles. The predicted molar refractivity (Wildman–Crippen MR) is 77.6 cm³/mol. The lowest BCUT2D eigenvalue weighted by molar-refractivity contribution is 0.148. The Balaban J connectivity index is 1.96. The van der Waals surface area contributed by atoms with Crippen molar-refractivity contribution in [2.24, 2.45) is 0 Å². The number of rotatable bonds is 3. The molecule has 1 aromatic rings. The SMILES string of the molecule is O=C(OS(=O)(=O)Nc1ccc(Br)cc1)N1CCNCC1. The molecule has 20 heavy (non-hydrogen) atoms. The van der Waals surface area contributed by atoms with Crippen molar-refractivity contribution >= 4 is 38.0 Å².